The number of hydrogen-bond donors (Lipinski definition) is 0. The first kappa shape index (κ1) is 13.9. The predicted octanol–water partition coefficient (Wildman–Crippen LogP) is 1.34. The van der Waals surface area contributed by atoms with E-state index >= 15 is 0 Å². The van der Waals surface area contributed by atoms with Gasteiger partial charge in [-0.2, -0.15) is 0 Å². The van der Waals surface area contributed by atoms with Gasteiger partial charge in [-0.05, 0) is 33.6 Å². The summed E-state index contributed by atoms with van der Waals surface area (Å²) in [5, 5.41) is 0. The van der Waals surface area contributed by atoms with Crippen LogP contribution in [0.4, 0.5) is 0 Å². The standard InChI is InChI=1S/C11H26N2Si/c1-6-12(4)11(13(5)7-2)9-10-14-8-3/h8,11H,3,6-7,9-10,14H2,1-2,4-5H3. The molecule has 0 heterocycles. The van der Waals surface area contributed by atoms with Crippen LogP contribution in [0.3, 0.4) is 0 Å². The summed E-state index contributed by atoms with van der Waals surface area (Å²) < 4.78 is 0. The largest absolute Gasteiger partial charge is 0.291 e. The fourth-order valence-electron chi connectivity index (χ4n) is 1.64. The Balaban J connectivity index is 4.02. The van der Waals surface area contributed by atoms with Crippen molar-refractivity contribution >= 4 is 9.52 Å². The first-order valence-corrected chi connectivity index (χ1v) is 7.50. The van der Waals surface area contributed by atoms with Crippen LogP contribution in [0.15, 0.2) is 12.3 Å². The lowest BCUT2D eigenvalue weighted by Crippen LogP contribution is -2.44. The van der Waals surface area contributed by atoms with Crippen LogP contribution in [0.2, 0.25) is 6.04 Å². The maximum atomic E-state index is 3.82. The summed E-state index contributed by atoms with van der Waals surface area (Å²) in [5.74, 6) is 0. The zero-order valence-corrected chi connectivity index (χ0v) is 11.7. The van der Waals surface area contributed by atoms with Crippen molar-refractivity contribution in [2.45, 2.75) is 32.5 Å². The van der Waals surface area contributed by atoms with Gasteiger partial charge < -0.3 is 0 Å². The minimum atomic E-state index is 0.0102. The van der Waals surface area contributed by atoms with Crippen molar-refractivity contribution in [1.82, 2.24) is 9.80 Å². The van der Waals surface area contributed by atoms with E-state index in [9.17, 15) is 0 Å². The van der Waals surface area contributed by atoms with Gasteiger partial charge in [0.1, 0.15) is 0 Å². The highest BCUT2D eigenvalue weighted by molar-refractivity contribution is 6.41. The molecule has 0 N–H and O–H groups in total. The maximum absolute atomic E-state index is 3.82. The van der Waals surface area contributed by atoms with Crippen LogP contribution in [0.1, 0.15) is 20.3 Å². The lowest BCUT2D eigenvalue weighted by Gasteiger charge is -2.34. The number of hydrogen-bond acceptors (Lipinski definition) is 2. The lowest BCUT2D eigenvalue weighted by molar-refractivity contribution is 0.0883. The van der Waals surface area contributed by atoms with E-state index in [1.165, 1.54) is 12.5 Å². The zero-order chi connectivity index (χ0) is 11.0. The SMILES string of the molecule is C=C[SiH2]CCC(N(C)CC)N(C)CC. The van der Waals surface area contributed by atoms with Crippen molar-refractivity contribution in [1.29, 1.82) is 0 Å². The highest BCUT2D eigenvalue weighted by Crippen LogP contribution is 2.09. The monoisotopic (exact) mass is 214 g/mol. The van der Waals surface area contributed by atoms with E-state index in [2.05, 4.69) is 50.0 Å². The molecule has 0 aromatic heterocycles. The third-order valence-corrected chi connectivity index (χ3v) is 4.11. The first-order valence-electron chi connectivity index (χ1n) is 5.68. The Labute approximate surface area is 91.8 Å². The highest BCUT2D eigenvalue weighted by Gasteiger charge is 2.16. The molecule has 0 spiro atoms. The predicted molar refractivity (Wildman–Crippen MR) is 68.6 cm³/mol. The topological polar surface area (TPSA) is 6.48 Å². The van der Waals surface area contributed by atoms with Crippen LogP contribution in [0.5, 0.6) is 0 Å². The van der Waals surface area contributed by atoms with Crippen LogP contribution in [-0.2, 0) is 0 Å². The second-order valence-corrected chi connectivity index (χ2v) is 5.71. The summed E-state index contributed by atoms with van der Waals surface area (Å²) >= 11 is 0. The van der Waals surface area contributed by atoms with E-state index in [0.717, 1.165) is 13.1 Å². The quantitative estimate of drug-likeness (QED) is 0.342. The highest BCUT2D eigenvalue weighted by atomic mass is 28.2. The molecular weight excluding hydrogens is 188 g/mol. The van der Waals surface area contributed by atoms with Gasteiger partial charge in [0, 0.05) is 9.52 Å². The molecule has 0 fully saturated rings. The average Bonchev–Trinajstić information content (AvgIpc) is 2.22. The van der Waals surface area contributed by atoms with Crippen LogP contribution in [-0.4, -0.2) is 52.7 Å². The van der Waals surface area contributed by atoms with Crippen molar-refractivity contribution in [3.63, 3.8) is 0 Å². The minimum Gasteiger partial charge on any atom is -0.291 e. The Morgan fingerprint density at radius 1 is 1.21 bits per heavy atom. The molecule has 0 aromatic carbocycles. The molecule has 0 aliphatic heterocycles. The molecule has 14 heavy (non-hydrogen) atoms. The summed E-state index contributed by atoms with van der Waals surface area (Å²) in [6, 6.07) is 1.38. The van der Waals surface area contributed by atoms with Crippen LogP contribution < -0.4 is 0 Å². The fourth-order valence-corrected chi connectivity index (χ4v) is 2.53. The summed E-state index contributed by atoms with van der Waals surface area (Å²) in [6.07, 6.45) is 1.92. The summed E-state index contributed by atoms with van der Waals surface area (Å²) in [7, 11) is 4.44. The fraction of sp³-hybridized carbons (Fsp3) is 0.818. The molecule has 0 saturated carbocycles. The molecule has 0 amide bonds. The Bertz CT molecular complexity index is 140. The molecule has 84 valence electrons. The molecule has 0 unspecified atom stereocenters. The Hall–Kier alpha value is -0.123. The number of rotatable bonds is 8. The molecule has 0 bridgehead atoms. The smallest absolute Gasteiger partial charge is 0.0614 e. The van der Waals surface area contributed by atoms with Gasteiger partial charge in [0.05, 0.1) is 6.17 Å². The molecule has 0 rings (SSSR count). The average molecular weight is 214 g/mol. The molecule has 0 radical (unpaired) electrons. The van der Waals surface area contributed by atoms with Crippen LogP contribution in [0.25, 0.3) is 0 Å². The van der Waals surface area contributed by atoms with Crippen molar-refractivity contribution in [3.05, 3.63) is 12.3 Å². The molecule has 3 heteroatoms. The van der Waals surface area contributed by atoms with Crippen molar-refractivity contribution < 1.29 is 0 Å². The van der Waals surface area contributed by atoms with E-state index in [0.29, 0.717) is 6.17 Å². The summed E-state index contributed by atoms with van der Waals surface area (Å²) in [6.45, 7) is 10.5. The van der Waals surface area contributed by atoms with Gasteiger partial charge in [0.25, 0.3) is 0 Å². The zero-order valence-electron chi connectivity index (χ0n) is 10.3. The van der Waals surface area contributed by atoms with E-state index in [4.69, 9.17) is 0 Å². The van der Waals surface area contributed by atoms with Gasteiger partial charge in [-0.25, -0.2) is 0 Å². The molecule has 0 aliphatic carbocycles. The molecule has 0 saturated heterocycles. The molecular formula is C11H26N2Si. The van der Waals surface area contributed by atoms with Gasteiger partial charge in [0.15, 0.2) is 0 Å². The first-order chi connectivity index (χ1) is 6.67. The van der Waals surface area contributed by atoms with E-state index in [1.807, 2.05) is 0 Å². The van der Waals surface area contributed by atoms with Crippen molar-refractivity contribution in [3.8, 4) is 0 Å². The van der Waals surface area contributed by atoms with E-state index in [-0.39, 0.29) is 9.52 Å². The van der Waals surface area contributed by atoms with Gasteiger partial charge in [-0.3, -0.25) is 9.80 Å². The minimum absolute atomic E-state index is 0.0102. The molecule has 0 aromatic rings. The second-order valence-electron chi connectivity index (χ2n) is 3.85. The third-order valence-electron chi connectivity index (χ3n) is 2.89. The van der Waals surface area contributed by atoms with E-state index in [1.54, 1.807) is 0 Å². The van der Waals surface area contributed by atoms with Gasteiger partial charge >= 0.3 is 0 Å². The van der Waals surface area contributed by atoms with E-state index < -0.39 is 0 Å². The van der Waals surface area contributed by atoms with Crippen LogP contribution >= 0.6 is 0 Å². The van der Waals surface area contributed by atoms with Gasteiger partial charge in [0.2, 0.25) is 0 Å². The summed E-state index contributed by atoms with van der Waals surface area (Å²) in [5.41, 5.74) is 2.15. The Kier molecular flexibility index (Phi) is 8.13. The normalized spacial score (nSPS) is 12.5. The molecule has 0 atom stereocenters. The van der Waals surface area contributed by atoms with Crippen molar-refractivity contribution in [2.75, 3.05) is 27.2 Å². The Morgan fingerprint density at radius 3 is 2.07 bits per heavy atom. The Morgan fingerprint density at radius 2 is 1.71 bits per heavy atom. The maximum Gasteiger partial charge on any atom is 0.0614 e. The van der Waals surface area contributed by atoms with Gasteiger partial charge in [-0.15, -0.1) is 12.3 Å². The summed E-state index contributed by atoms with van der Waals surface area (Å²) in [4.78, 5) is 4.86. The number of nitrogens with zero attached hydrogens (tertiary/aromatic N) is 2. The van der Waals surface area contributed by atoms with Crippen molar-refractivity contribution in [2.24, 2.45) is 0 Å². The van der Waals surface area contributed by atoms with Gasteiger partial charge in [-0.1, -0.05) is 19.9 Å². The molecule has 0 aliphatic rings. The lowest BCUT2D eigenvalue weighted by atomic mass is 10.3. The second kappa shape index (κ2) is 8.21. The molecule has 2 nitrogen and oxygen atoms in total. The third kappa shape index (κ3) is 4.93. The van der Waals surface area contributed by atoms with Crippen LogP contribution in [0, 0.1) is 0 Å².